The summed E-state index contributed by atoms with van der Waals surface area (Å²) in [5, 5.41) is 0. The first-order valence-corrected chi connectivity index (χ1v) is 7.00. The number of aryl methyl sites for hydroxylation is 1. The van der Waals surface area contributed by atoms with Crippen molar-refractivity contribution in [2.24, 2.45) is 5.41 Å². The van der Waals surface area contributed by atoms with Gasteiger partial charge in [-0.05, 0) is 30.5 Å². The van der Waals surface area contributed by atoms with Crippen molar-refractivity contribution >= 4 is 11.5 Å². The van der Waals surface area contributed by atoms with E-state index in [2.05, 4.69) is 24.0 Å². The first-order valence-electron chi connectivity index (χ1n) is 7.00. The molecule has 1 saturated heterocycles. The van der Waals surface area contributed by atoms with Crippen LogP contribution >= 0.6 is 0 Å². The highest BCUT2D eigenvalue weighted by atomic mass is 16.5. The summed E-state index contributed by atoms with van der Waals surface area (Å²) >= 11 is 0. The lowest BCUT2D eigenvalue weighted by Gasteiger charge is -2.30. The van der Waals surface area contributed by atoms with Crippen LogP contribution < -0.4 is 4.90 Å². The fourth-order valence-corrected chi connectivity index (χ4v) is 3.18. The highest BCUT2D eigenvalue weighted by molar-refractivity contribution is 6.05. The fraction of sp³-hybridized carbons (Fsp3) is 0.562. The average Bonchev–Trinajstić information content (AvgIpc) is 2.60. The zero-order chi connectivity index (χ0) is 13.6. The van der Waals surface area contributed by atoms with Crippen LogP contribution in [-0.4, -0.2) is 32.1 Å². The predicted molar refractivity (Wildman–Crippen MR) is 76.0 cm³/mol. The Kier molecular flexibility index (Phi) is 2.90. The monoisotopic (exact) mass is 259 g/mol. The van der Waals surface area contributed by atoms with Crippen LogP contribution in [0.15, 0.2) is 12.1 Å². The van der Waals surface area contributed by atoms with Crippen LogP contribution in [0.2, 0.25) is 0 Å². The van der Waals surface area contributed by atoms with E-state index >= 15 is 0 Å². The summed E-state index contributed by atoms with van der Waals surface area (Å²) in [5.41, 5.74) is 4.37. The number of fused-ring (bicyclic) bond motifs is 1. The van der Waals surface area contributed by atoms with E-state index < -0.39 is 0 Å². The summed E-state index contributed by atoms with van der Waals surface area (Å²) in [7, 11) is 0. The SMILES string of the molecule is Cc1cc2c(cc1N1CCOCC1)C(=O)C(C)(C)C2. The molecule has 0 spiro atoms. The molecular weight excluding hydrogens is 238 g/mol. The van der Waals surface area contributed by atoms with Crippen molar-refractivity contribution in [1.82, 2.24) is 0 Å². The van der Waals surface area contributed by atoms with Crippen LogP contribution in [0.4, 0.5) is 5.69 Å². The number of nitrogens with zero attached hydrogens (tertiary/aromatic N) is 1. The average molecular weight is 259 g/mol. The quantitative estimate of drug-likeness (QED) is 0.776. The van der Waals surface area contributed by atoms with E-state index in [0.29, 0.717) is 0 Å². The van der Waals surface area contributed by atoms with Crippen LogP contribution in [0.3, 0.4) is 0 Å². The van der Waals surface area contributed by atoms with Gasteiger partial charge in [0, 0.05) is 29.8 Å². The fourth-order valence-electron chi connectivity index (χ4n) is 3.18. The van der Waals surface area contributed by atoms with Crippen LogP contribution in [0.25, 0.3) is 0 Å². The molecule has 1 aromatic carbocycles. The topological polar surface area (TPSA) is 29.5 Å². The van der Waals surface area contributed by atoms with Gasteiger partial charge in [-0.25, -0.2) is 0 Å². The Balaban J connectivity index is 2.01. The van der Waals surface area contributed by atoms with Crippen LogP contribution in [0.5, 0.6) is 0 Å². The van der Waals surface area contributed by atoms with Gasteiger partial charge in [0.05, 0.1) is 13.2 Å². The number of carbonyl (C=O) groups is 1. The minimum absolute atomic E-state index is 0.238. The van der Waals surface area contributed by atoms with Gasteiger partial charge in [-0.3, -0.25) is 4.79 Å². The zero-order valence-electron chi connectivity index (χ0n) is 12.0. The normalized spacial score (nSPS) is 21.6. The van der Waals surface area contributed by atoms with Gasteiger partial charge in [0.1, 0.15) is 0 Å². The Bertz CT molecular complexity index is 528. The molecule has 0 saturated carbocycles. The summed E-state index contributed by atoms with van der Waals surface area (Å²) in [4.78, 5) is 14.8. The van der Waals surface area contributed by atoms with Gasteiger partial charge >= 0.3 is 0 Å². The summed E-state index contributed by atoms with van der Waals surface area (Å²) in [6.45, 7) is 9.60. The van der Waals surface area contributed by atoms with Gasteiger partial charge in [-0.2, -0.15) is 0 Å². The molecule has 3 nitrogen and oxygen atoms in total. The number of ketones is 1. The molecule has 0 aromatic heterocycles. The Hall–Kier alpha value is -1.35. The van der Waals surface area contributed by atoms with E-state index in [-0.39, 0.29) is 11.2 Å². The third-order valence-corrected chi connectivity index (χ3v) is 4.27. The van der Waals surface area contributed by atoms with Gasteiger partial charge in [0.2, 0.25) is 0 Å². The summed E-state index contributed by atoms with van der Waals surface area (Å²) < 4.78 is 5.40. The standard InChI is InChI=1S/C16H21NO2/c1-11-8-12-10-16(2,3)15(18)13(12)9-14(11)17-4-6-19-7-5-17/h8-9H,4-7,10H2,1-3H3. The van der Waals surface area contributed by atoms with Crippen molar-refractivity contribution < 1.29 is 9.53 Å². The smallest absolute Gasteiger partial charge is 0.169 e. The molecule has 102 valence electrons. The Morgan fingerprint density at radius 3 is 2.58 bits per heavy atom. The second-order valence-electron chi connectivity index (χ2n) is 6.29. The summed E-state index contributed by atoms with van der Waals surface area (Å²) in [6.07, 6.45) is 0.866. The number of hydrogen-bond donors (Lipinski definition) is 0. The molecule has 3 rings (SSSR count). The van der Waals surface area contributed by atoms with E-state index in [9.17, 15) is 4.79 Å². The molecule has 1 aliphatic carbocycles. The molecule has 19 heavy (non-hydrogen) atoms. The molecule has 0 atom stereocenters. The minimum atomic E-state index is -0.238. The van der Waals surface area contributed by atoms with Gasteiger partial charge < -0.3 is 9.64 Å². The van der Waals surface area contributed by atoms with E-state index in [1.165, 1.54) is 16.8 Å². The minimum Gasteiger partial charge on any atom is -0.378 e. The molecule has 3 heteroatoms. The predicted octanol–water partition coefficient (Wildman–Crippen LogP) is 2.60. The first kappa shape index (κ1) is 12.7. The van der Waals surface area contributed by atoms with Gasteiger partial charge in [0.15, 0.2) is 5.78 Å². The van der Waals surface area contributed by atoms with Crippen LogP contribution in [-0.2, 0) is 11.2 Å². The van der Waals surface area contributed by atoms with E-state index in [1.54, 1.807) is 0 Å². The van der Waals surface area contributed by atoms with E-state index in [1.807, 2.05) is 13.8 Å². The number of ether oxygens (including phenoxy) is 1. The number of rotatable bonds is 1. The lowest BCUT2D eigenvalue weighted by Crippen LogP contribution is -2.36. The number of Topliss-reactive ketones (excluding diaryl/α,β-unsaturated/α-hetero) is 1. The number of benzene rings is 1. The molecule has 1 aliphatic heterocycles. The lowest BCUT2D eigenvalue weighted by atomic mass is 9.89. The second-order valence-corrected chi connectivity index (χ2v) is 6.29. The molecule has 1 heterocycles. The molecule has 0 bridgehead atoms. The molecule has 1 fully saturated rings. The lowest BCUT2D eigenvalue weighted by molar-refractivity contribution is 0.0863. The highest BCUT2D eigenvalue weighted by Crippen LogP contribution is 2.39. The van der Waals surface area contributed by atoms with Crippen molar-refractivity contribution in [2.75, 3.05) is 31.2 Å². The maximum atomic E-state index is 12.4. The van der Waals surface area contributed by atoms with E-state index in [4.69, 9.17) is 4.74 Å². The van der Waals surface area contributed by atoms with E-state index in [0.717, 1.165) is 38.3 Å². The third kappa shape index (κ3) is 2.06. The number of anilines is 1. The Morgan fingerprint density at radius 1 is 1.21 bits per heavy atom. The molecule has 0 radical (unpaired) electrons. The molecule has 1 aromatic rings. The number of hydrogen-bond acceptors (Lipinski definition) is 3. The Morgan fingerprint density at radius 2 is 1.89 bits per heavy atom. The van der Waals surface area contributed by atoms with Crippen molar-refractivity contribution in [3.8, 4) is 0 Å². The number of morpholine rings is 1. The van der Waals surface area contributed by atoms with Gasteiger partial charge in [-0.15, -0.1) is 0 Å². The highest BCUT2D eigenvalue weighted by Gasteiger charge is 2.38. The van der Waals surface area contributed by atoms with Gasteiger partial charge in [0.25, 0.3) is 0 Å². The molecule has 0 amide bonds. The summed E-state index contributed by atoms with van der Waals surface area (Å²) in [5.74, 6) is 0.289. The first-order chi connectivity index (χ1) is 8.99. The third-order valence-electron chi connectivity index (χ3n) is 4.27. The maximum Gasteiger partial charge on any atom is 0.169 e. The second kappa shape index (κ2) is 4.34. The largest absolute Gasteiger partial charge is 0.378 e. The van der Waals surface area contributed by atoms with Crippen molar-refractivity contribution in [1.29, 1.82) is 0 Å². The maximum absolute atomic E-state index is 12.4. The molecule has 0 unspecified atom stereocenters. The van der Waals surface area contributed by atoms with Crippen LogP contribution in [0.1, 0.15) is 35.3 Å². The van der Waals surface area contributed by atoms with Crippen molar-refractivity contribution in [2.45, 2.75) is 27.2 Å². The zero-order valence-corrected chi connectivity index (χ0v) is 12.0. The molecule has 2 aliphatic rings. The van der Waals surface area contributed by atoms with Gasteiger partial charge in [-0.1, -0.05) is 19.9 Å². The van der Waals surface area contributed by atoms with Crippen molar-refractivity contribution in [3.05, 3.63) is 28.8 Å². The van der Waals surface area contributed by atoms with Crippen molar-refractivity contribution in [3.63, 3.8) is 0 Å². The summed E-state index contributed by atoms with van der Waals surface area (Å²) in [6, 6.07) is 4.31. The number of carbonyl (C=O) groups excluding carboxylic acids is 1. The molecule has 0 N–H and O–H groups in total. The van der Waals surface area contributed by atoms with Crippen LogP contribution in [0, 0.1) is 12.3 Å². The molecular formula is C16H21NO2. The Labute approximate surface area is 114 Å².